The first-order chi connectivity index (χ1) is 10.7. The monoisotopic (exact) mass is 298 g/mol. The minimum Gasteiger partial charge on any atom is -0.465 e. The Morgan fingerprint density at radius 2 is 2.14 bits per heavy atom. The van der Waals surface area contributed by atoms with Crippen molar-refractivity contribution in [3.8, 4) is 0 Å². The van der Waals surface area contributed by atoms with Gasteiger partial charge in [-0.2, -0.15) is 5.10 Å². The smallest absolute Gasteiger partial charge is 0.408 e. The van der Waals surface area contributed by atoms with Crippen molar-refractivity contribution in [2.45, 2.75) is 5.54 Å². The summed E-state index contributed by atoms with van der Waals surface area (Å²) in [6.07, 6.45) is 6.21. The predicted octanol–water partition coefficient (Wildman–Crippen LogP) is 1.49. The molecule has 2 aliphatic heterocycles. The fraction of sp³-hybridized carbons (Fsp3) is 0.250. The molecule has 1 aromatic rings. The van der Waals surface area contributed by atoms with Crippen molar-refractivity contribution < 1.29 is 9.90 Å². The predicted molar refractivity (Wildman–Crippen MR) is 84.6 cm³/mol. The highest BCUT2D eigenvalue weighted by molar-refractivity contribution is 5.85. The van der Waals surface area contributed by atoms with E-state index in [2.05, 4.69) is 15.8 Å². The molecule has 0 radical (unpaired) electrons. The lowest BCUT2D eigenvalue weighted by Gasteiger charge is -2.47. The summed E-state index contributed by atoms with van der Waals surface area (Å²) in [5.41, 5.74) is 3.75. The van der Waals surface area contributed by atoms with Gasteiger partial charge in [-0.15, -0.1) is 0 Å². The highest BCUT2D eigenvalue weighted by Gasteiger charge is 2.45. The number of hydrazone groups is 1. The van der Waals surface area contributed by atoms with Crippen molar-refractivity contribution in [3.63, 3.8) is 0 Å². The van der Waals surface area contributed by atoms with Gasteiger partial charge < -0.3 is 10.4 Å². The average Bonchev–Trinajstić information content (AvgIpc) is 2.85. The number of nitrogens with one attached hydrogen (secondary N) is 2. The van der Waals surface area contributed by atoms with E-state index in [-0.39, 0.29) is 0 Å². The molecule has 6 heteroatoms. The molecule has 1 atom stereocenters. The molecule has 2 aliphatic rings. The Morgan fingerprint density at radius 3 is 2.91 bits per heavy atom. The summed E-state index contributed by atoms with van der Waals surface area (Å²) in [6, 6.07) is 9.69. The highest BCUT2D eigenvalue weighted by atomic mass is 16.4. The summed E-state index contributed by atoms with van der Waals surface area (Å²) in [7, 11) is 0. The van der Waals surface area contributed by atoms with E-state index in [9.17, 15) is 9.90 Å². The number of rotatable bonds is 2. The van der Waals surface area contributed by atoms with E-state index >= 15 is 0 Å². The fourth-order valence-corrected chi connectivity index (χ4v) is 3.03. The van der Waals surface area contributed by atoms with Gasteiger partial charge in [-0.25, -0.2) is 4.79 Å². The third-order valence-electron chi connectivity index (χ3n) is 4.04. The zero-order valence-electron chi connectivity index (χ0n) is 12.1. The van der Waals surface area contributed by atoms with Gasteiger partial charge in [0.15, 0.2) is 0 Å². The maximum atomic E-state index is 11.9. The fourth-order valence-electron chi connectivity index (χ4n) is 3.03. The molecule has 1 unspecified atom stereocenters. The Balaban J connectivity index is 2.19. The molecule has 0 spiro atoms. The minimum absolute atomic E-state index is 0.423. The molecule has 114 valence electrons. The summed E-state index contributed by atoms with van der Waals surface area (Å²) < 4.78 is 0. The van der Waals surface area contributed by atoms with Crippen LogP contribution < -0.4 is 10.7 Å². The van der Waals surface area contributed by atoms with Crippen LogP contribution in [0.15, 0.2) is 59.4 Å². The number of hydrogen-bond donors (Lipinski definition) is 3. The molecular formula is C16H18N4O2. The molecule has 1 fully saturated rings. The first-order valence-electron chi connectivity index (χ1n) is 7.18. The third-order valence-corrected chi connectivity index (χ3v) is 4.04. The Labute approximate surface area is 128 Å². The van der Waals surface area contributed by atoms with Gasteiger partial charge in [-0.05, 0) is 11.6 Å². The van der Waals surface area contributed by atoms with E-state index in [1.165, 1.54) is 4.90 Å². The van der Waals surface area contributed by atoms with Crippen LogP contribution in [0.4, 0.5) is 4.79 Å². The zero-order valence-corrected chi connectivity index (χ0v) is 12.1. The Morgan fingerprint density at radius 1 is 1.32 bits per heavy atom. The Hall–Kier alpha value is -2.60. The lowest BCUT2D eigenvalue weighted by atomic mass is 9.79. The molecule has 0 aliphatic carbocycles. The second kappa shape index (κ2) is 6.03. The number of piperazine rings is 1. The molecule has 1 amide bonds. The number of nitrogens with zero attached hydrogens (tertiary/aromatic N) is 2. The molecule has 0 saturated carbocycles. The standard InChI is InChI=1S/C16H18N4O2/c21-15(22)20-10-9-17-12-16(20,13-5-2-1-3-6-13)14-7-4-8-18-19-11-14/h1-8,11,17-18H,9-10,12H2,(H,21,22). The van der Waals surface area contributed by atoms with Crippen LogP contribution in [0.5, 0.6) is 0 Å². The van der Waals surface area contributed by atoms with Crippen LogP contribution >= 0.6 is 0 Å². The van der Waals surface area contributed by atoms with Gasteiger partial charge in [0.05, 0.1) is 6.21 Å². The summed E-state index contributed by atoms with van der Waals surface area (Å²) in [5.74, 6) is 0. The molecule has 22 heavy (non-hydrogen) atoms. The quantitative estimate of drug-likeness (QED) is 0.773. The van der Waals surface area contributed by atoms with Crippen LogP contribution in [0.25, 0.3) is 0 Å². The van der Waals surface area contributed by atoms with Crippen LogP contribution in [0.1, 0.15) is 5.56 Å². The SMILES string of the molecule is O=C(O)N1CCNCC1(C1=CC=CNN=C1)c1ccccc1. The molecule has 2 heterocycles. The van der Waals surface area contributed by atoms with Crippen LogP contribution in [-0.2, 0) is 5.54 Å². The summed E-state index contributed by atoms with van der Waals surface area (Å²) in [6.45, 7) is 1.57. The van der Waals surface area contributed by atoms with E-state index in [4.69, 9.17) is 0 Å². The molecule has 6 nitrogen and oxygen atoms in total. The molecule has 1 saturated heterocycles. The lowest BCUT2D eigenvalue weighted by Crippen LogP contribution is -2.61. The van der Waals surface area contributed by atoms with Crippen LogP contribution in [-0.4, -0.2) is 41.9 Å². The molecule has 1 aromatic carbocycles. The molecular weight excluding hydrogens is 280 g/mol. The Kier molecular flexibility index (Phi) is 3.93. The second-order valence-corrected chi connectivity index (χ2v) is 5.21. The van der Waals surface area contributed by atoms with Gasteiger partial charge in [0.2, 0.25) is 0 Å². The maximum Gasteiger partial charge on any atom is 0.408 e. The zero-order chi connectivity index (χ0) is 15.4. The van der Waals surface area contributed by atoms with Crippen LogP contribution in [0, 0.1) is 0 Å². The van der Waals surface area contributed by atoms with Crippen molar-refractivity contribution in [3.05, 3.63) is 59.8 Å². The van der Waals surface area contributed by atoms with Crippen molar-refractivity contribution in [1.29, 1.82) is 0 Å². The van der Waals surface area contributed by atoms with Gasteiger partial charge in [0.25, 0.3) is 0 Å². The van der Waals surface area contributed by atoms with Crippen LogP contribution in [0.2, 0.25) is 0 Å². The van der Waals surface area contributed by atoms with Gasteiger partial charge in [0, 0.05) is 31.4 Å². The summed E-state index contributed by atoms with van der Waals surface area (Å²) in [4.78, 5) is 13.4. The molecule has 0 aromatic heterocycles. The molecule has 3 N–H and O–H groups in total. The molecule has 3 rings (SSSR count). The van der Waals surface area contributed by atoms with Gasteiger partial charge in [-0.3, -0.25) is 10.3 Å². The topological polar surface area (TPSA) is 77.0 Å². The van der Waals surface area contributed by atoms with E-state index < -0.39 is 11.6 Å². The van der Waals surface area contributed by atoms with Gasteiger partial charge in [-0.1, -0.05) is 36.4 Å². The number of benzene rings is 1. The van der Waals surface area contributed by atoms with E-state index in [0.717, 1.165) is 11.1 Å². The maximum absolute atomic E-state index is 11.9. The van der Waals surface area contributed by atoms with Crippen LogP contribution in [0.3, 0.4) is 0 Å². The average molecular weight is 298 g/mol. The normalized spacial score (nSPS) is 24.4. The highest BCUT2D eigenvalue weighted by Crippen LogP contribution is 2.37. The van der Waals surface area contributed by atoms with Gasteiger partial charge >= 0.3 is 6.09 Å². The van der Waals surface area contributed by atoms with Crippen molar-refractivity contribution in [1.82, 2.24) is 15.6 Å². The second-order valence-electron chi connectivity index (χ2n) is 5.21. The number of carboxylic acid groups (broad SMARTS) is 1. The first kappa shape index (κ1) is 14.3. The third kappa shape index (κ3) is 2.37. The van der Waals surface area contributed by atoms with E-state index in [0.29, 0.717) is 19.6 Å². The van der Waals surface area contributed by atoms with E-state index in [1.54, 1.807) is 12.4 Å². The number of hydrogen-bond acceptors (Lipinski definition) is 4. The van der Waals surface area contributed by atoms with Crippen molar-refractivity contribution in [2.75, 3.05) is 19.6 Å². The van der Waals surface area contributed by atoms with E-state index in [1.807, 2.05) is 42.5 Å². The number of amides is 1. The minimum atomic E-state index is -0.930. The van der Waals surface area contributed by atoms with Gasteiger partial charge in [0.1, 0.15) is 5.54 Å². The first-order valence-corrected chi connectivity index (χ1v) is 7.18. The number of allylic oxidation sites excluding steroid dienone is 2. The number of carbonyl (C=O) groups is 1. The van der Waals surface area contributed by atoms with Crippen molar-refractivity contribution in [2.24, 2.45) is 5.10 Å². The lowest BCUT2D eigenvalue weighted by molar-refractivity contribution is 0.0775. The Bertz CT molecular complexity index is 639. The van der Waals surface area contributed by atoms with Crippen molar-refractivity contribution >= 4 is 12.3 Å². The summed E-state index contributed by atoms with van der Waals surface area (Å²) in [5, 5.41) is 17.2. The summed E-state index contributed by atoms with van der Waals surface area (Å²) >= 11 is 0. The molecule has 0 bridgehead atoms. The largest absolute Gasteiger partial charge is 0.465 e.